The van der Waals surface area contributed by atoms with E-state index in [4.69, 9.17) is 16.3 Å². The largest absolute Gasteiger partial charge is 0.495 e. The van der Waals surface area contributed by atoms with E-state index >= 15 is 0 Å². The predicted molar refractivity (Wildman–Crippen MR) is 123 cm³/mol. The molecule has 0 spiro atoms. The number of amides is 1. The zero-order chi connectivity index (χ0) is 21.8. The first kappa shape index (κ1) is 21.1. The van der Waals surface area contributed by atoms with Crippen molar-refractivity contribution in [1.82, 2.24) is 19.7 Å². The Labute approximate surface area is 188 Å². The Balaban J connectivity index is 1.47. The van der Waals surface area contributed by atoms with Gasteiger partial charge in [-0.2, -0.15) is 5.10 Å². The van der Waals surface area contributed by atoms with Gasteiger partial charge in [-0.25, -0.2) is 14.6 Å². The van der Waals surface area contributed by atoms with Gasteiger partial charge < -0.3 is 10.1 Å². The SMILES string of the molecule is COc1cc(Cl)c(C)cc1NC(=O)CSc1ncnc2c1cnn2Cc1ccccc1. The summed E-state index contributed by atoms with van der Waals surface area (Å²) in [7, 11) is 1.54. The minimum Gasteiger partial charge on any atom is -0.495 e. The molecule has 0 radical (unpaired) electrons. The van der Waals surface area contributed by atoms with Crippen molar-refractivity contribution in [2.24, 2.45) is 0 Å². The molecule has 4 aromatic rings. The number of ether oxygens (including phenoxy) is 1. The van der Waals surface area contributed by atoms with Crippen molar-refractivity contribution in [3.63, 3.8) is 0 Å². The average Bonchev–Trinajstić information content (AvgIpc) is 3.18. The monoisotopic (exact) mass is 453 g/mol. The quantitative estimate of drug-likeness (QED) is 0.326. The number of rotatable bonds is 7. The van der Waals surface area contributed by atoms with Crippen molar-refractivity contribution < 1.29 is 9.53 Å². The highest BCUT2D eigenvalue weighted by Crippen LogP contribution is 2.31. The summed E-state index contributed by atoms with van der Waals surface area (Å²) in [6.45, 7) is 2.48. The summed E-state index contributed by atoms with van der Waals surface area (Å²) in [6.07, 6.45) is 3.24. The van der Waals surface area contributed by atoms with Gasteiger partial charge in [0.15, 0.2) is 5.65 Å². The van der Waals surface area contributed by atoms with E-state index in [1.807, 2.05) is 41.9 Å². The van der Waals surface area contributed by atoms with Gasteiger partial charge in [0.05, 0.1) is 36.7 Å². The molecule has 7 nitrogen and oxygen atoms in total. The van der Waals surface area contributed by atoms with Crippen LogP contribution in [0, 0.1) is 6.92 Å². The molecule has 0 aliphatic carbocycles. The second-order valence-electron chi connectivity index (χ2n) is 6.84. The van der Waals surface area contributed by atoms with E-state index in [1.165, 1.54) is 25.2 Å². The van der Waals surface area contributed by atoms with Crippen LogP contribution in [0.4, 0.5) is 5.69 Å². The van der Waals surface area contributed by atoms with Crippen molar-refractivity contribution in [1.29, 1.82) is 0 Å². The van der Waals surface area contributed by atoms with Gasteiger partial charge in [-0.3, -0.25) is 4.79 Å². The van der Waals surface area contributed by atoms with Crippen LogP contribution in [-0.4, -0.2) is 38.5 Å². The number of nitrogens with one attached hydrogen (secondary N) is 1. The molecule has 0 bridgehead atoms. The van der Waals surface area contributed by atoms with Gasteiger partial charge >= 0.3 is 0 Å². The lowest BCUT2D eigenvalue weighted by Crippen LogP contribution is -2.15. The van der Waals surface area contributed by atoms with Crippen LogP contribution in [0.2, 0.25) is 5.02 Å². The molecule has 0 saturated heterocycles. The summed E-state index contributed by atoms with van der Waals surface area (Å²) in [4.78, 5) is 21.3. The minimum atomic E-state index is -0.173. The second-order valence-corrected chi connectivity index (χ2v) is 8.21. The number of anilines is 1. The Morgan fingerprint density at radius 2 is 2.03 bits per heavy atom. The number of aryl methyl sites for hydroxylation is 1. The number of halogens is 1. The fraction of sp³-hybridized carbons (Fsp3) is 0.182. The van der Waals surface area contributed by atoms with Crippen molar-refractivity contribution >= 4 is 46.0 Å². The number of fused-ring (bicyclic) bond motifs is 1. The third-order valence-corrected chi connectivity index (χ3v) is 6.08. The zero-order valence-corrected chi connectivity index (χ0v) is 18.6. The van der Waals surface area contributed by atoms with Crippen LogP contribution in [-0.2, 0) is 11.3 Å². The molecular weight excluding hydrogens is 434 g/mol. The second kappa shape index (κ2) is 9.36. The van der Waals surface area contributed by atoms with E-state index in [9.17, 15) is 4.79 Å². The van der Waals surface area contributed by atoms with Crippen molar-refractivity contribution in [2.45, 2.75) is 18.5 Å². The molecule has 158 valence electrons. The van der Waals surface area contributed by atoms with Gasteiger partial charge in [-0.1, -0.05) is 53.7 Å². The van der Waals surface area contributed by atoms with Crippen LogP contribution in [0.3, 0.4) is 0 Å². The molecule has 2 heterocycles. The standard InChI is InChI=1S/C22H20ClN5O2S/c1-14-8-18(19(30-2)9-17(14)23)27-20(29)12-31-22-16-10-26-28(21(16)24-13-25-22)11-15-6-4-3-5-7-15/h3-10,13H,11-12H2,1-2H3,(H,27,29). The van der Waals surface area contributed by atoms with Crippen LogP contribution in [0.1, 0.15) is 11.1 Å². The van der Waals surface area contributed by atoms with E-state index in [0.717, 1.165) is 22.2 Å². The first-order chi connectivity index (χ1) is 15.0. The zero-order valence-electron chi connectivity index (χ0n) is 17.0. The summed E-state index contributed by atoms with van der Waals surface area (Å²) in [5.41, 5.74) is 3.30. The number of carbonyl (C=O) groups is 1. The van der Waals surface area contributed by atoms with E-state index in [2.05, 4.69) is 20.4 Å². The third kappa shape index (κ3) is 4.81. The van der Waals surface area contributed by atoms with Crippen LogP contribution in [0.25, 0.3) is 11.0 Å². The van der Waals surface area contributed by atoms with Gasteiger partial charge in [0.1, 0.15) is 17.1 Å². The number of hydrogen-bond donors (Lipinski definition) is 1. The lowest BCUT2D eigenvalue weighted by molar-refractivity contribution is -0.113. The van der Waals surface area contributed by atoms with Gasteiger partial charge in [-0.05, 0) is 24.1 Å². The topological polar surface area (TPSA) is 81.9 Å². The minimum absolute atomic E-state index is 0.173. The first-order valence-electron chi connectivity index (χ1n) is 9.52. The maximum atomic E-state index is 12.5. The summed E-state index contributed by atoms with van der Waals surface area (Å²) in [6, 6.07) is 13.5. The Morgan fingerprint density at radius 1 is 1.23 bits per heavy atom. The maximum absolute atomic E-state index is 12.5. The van der Waals surface area contributed by atoms with E-state index < -0.39 is 0 Å². The summed E-state index contributed by atoms with van der Waals surface area (Å²) < 4.78 is 7.15. The molecule has 0 aliphatic heterocycles. The van der Waals surface area contributed by atoms with Crippen LogP contribution in [0.15, 0.2) is 60.0 Å². The van der Waals surface area contributed by atoms with Gasteiger partial charge in [0.25, 0.3) is 0 Å². The Hall–Kier alpha value is -3.10. The van der Waals surface area contributed by atoms with Crippen molar-refractivity contribution in [3.8, 4) is 5.75 Å². The number of aromatic nitrogens is 4. The van der Waals surface area contributed by atoms with Gasteiger partial charge in [0.2, 0.25) is 5.91 Å². The molecular formula is C22H20ClN5O2S. The molecule has 0 aliphatic rings. The summed E-state index contributed by atoms with van der Waals surface area (Å²) in [5.74, 6) is 0.523. The van der Waals surface area contributed by atoms with Gasteiger partial charge in [-0.15, -0.1) is 0 Å². The highest BCUT2D eigenvalue weighted by molar-refractivity contribution is 8.00. The molecule has 1 amide bonds. The highest BCUT2D eigenvalue weighted by atomic mass is 35.5. The molecule has 0 saturated carbocycles. The Kier molecular flexibility index (Phi) is 6.39. The number of nitrogens with zero attached hydrogens (tertiary/aromatic N) is 4. The van der Waals surface area contributed by atoms with Crippen molar-refractivity contribution in [2.75, 3.05) is 18.2 Å². The van der Waals surface area contributed by atoms with Crippen LogP contribution >= 0.6 is 23.4 Å². The maximum Gasteiger partial charge on any atom is 0.234 e. The molecule has 31 heavy (non-hydrogen) atoms. The molecule has 4 rings (SSSR count). The number of hydrogen-bond acceptors (Lipinski definition) is 6. The lowest BCUT2D eigenvalue weighted by Gasteiger charge is -2.12. The smallest absolute Gasteiger partial charge is 0.234 e. The van der Waals surface area contributed by atoms with Crippen LogP contribution < -0.4 is 10.1 Å². The number of thioether (sulfide) groups is 1. The fourth-order valence-corrected chi connectivity index (χ4v) is 4.02. The molecule has 0 unspecified atom stereocenters. The number of benzene rings is 2. The Bertz CT molecular complexity index is 1230. The summed E-state index contributed by atoms with van der Waals surface area (Å²) in [5, 5.41) is 9.44. The van der Waals surface area contributed by atoms with E-state index in [0.29, 0.717) is 28.0 Å². The normalized spacial score (nSPS) is 10.9. The lowest BCUT2D eigenvalue weighted by atomic mass is 10.2. The number of carbonyl (C=O) groups excluding carboxylic acids is 1. The molecule has 0 atom stereocenters. The molecule has 0 fully saturated rings. The van der Waals surface area contributed by atoms with Crippen LogP contribution in [0.5, 0.6) is 5.75 Å². The average molecular weight is 454 g/mol. The predicted octanol–water partition coefficient (Wildman–Crippen LogP) is 4.58. The highest BCUT2D eigenvalue weighted by Gasteiger charge is 2.14. The third-order valence-electron chi connectivity index (χ3n) is 4.67. The van der Waals surface area contributed by atoms with E-state index in [1.54, 1.807) is 18.3 Å². The van der Waals surface area contributed by atoms with E-state index in [-0.39, 0.29) is 11.7 Å². The Morgan fingerprint density at radius 3 is 2.81 bits per heavy atom. The fourth-order valence-electron chi connectivity index (χ4n) is 3.11. The van der Waals surface area contributed by atoms with Gasteiger partial charge in [0, 0.05) is 11.1 Å². The number of methoxy groups -OCH3 is 1. The molecule has 2 aromatic heterocycles. The summed E-state index contributed by atoms with van der Waals surface area (Å²) >= 11 is 7.47. The first-order valence-corrected chi connectivity index (χ1v) is 10.9. The molecule has 9 heteroatoms. The molecule has 2 aromatic carbocycles. The molecule has 1 N–H and O–H groups in total. The van der Waals surface area contributed by atoms with Crippen molar-refractivity contribution in [3.05, 3.63) is 71.1 Å².